The molecule has 4 aromatic rings. The van der Waals surface area contributed by atoms with Crippen LogP contribution >= 0.6 is 0 Å². The second-order valence-electron chi connectivity index (χ2n) is 7.73. The number of anilines is 1. The van der Waals surface area contributed by atoms with E-state index in [2.05, 4.69) is 15.6 Å². The smallest absolute Gasteiger partial charge is 0.319 e. The number of nitrogens with one attached hydrogen (secondary N) is 2. The number of aromatic nitrogens is 1. The molecule has 0 fully saturated rings. The third-order valence-corrected chi connectivity index (χ3v) is 6.26. The summed E-state index contributed by atoms with van der Waals surface area (Å²) in [4.78, 5) is 16.9. The van der Waals surface area contributed by atoms with Gasteiger partial charge in [0.2, 0.25) is 10.0 Å². The minimum absolute atomic E-state index is 0.0167. The van der Waals surface area contributed by atoms with Crippen molar-refractivity contribution in [1.82, 2.24) is 10.3 Å². The fourth-order valence-corrected chi connectivity index (χ4v) is 4.00. The predicted molar refractivity (Wildman–Crippen MR) is 134 cm³/mol. The molecule has 0 aliphatic carbocycles. The van der Waals surface area contributed by atoms with Gasteiger partial charge in [-0.25, -0.2) is 18.4 Å². The monoisotopic (exact) mass is 492 g/mol. The van der Waals surface area contributed by atoms with Crippen LogP contribution in [0.15, 0.2) is 77.8 Å². The Hall–Kier alpha value is -4.15. The fourth-order valence-electron chi connectivity index (χ4n) is 3.49. The molecule has 180 valence electrons. The van der Waals surface area contributed by atoms with Gasteiger partial charge in [0, 0.05) is 35.4 Å². The third-order valence-electron chi connectivity index (χ3n) is 5.33. The lowest BCUT2D eigenvalue weighted by Crippen LogP contribution is -2.28. The van der Waals surface area contributed by atoms with Crippen molar-refractivity contribution in [2.45, 2.75) is 11.4 Å². The van der Waals surface area contributed by atoms with E-state index < -0.39 is 16.1 Å². The molecular weight excluding hydrogens is 468 g/mol. The molecule has 0 bridgehead atoms. The predicted octanol–water partition coefficient (Wildman–Crippen LogP) is 3.89. The second kappa shape index (κ2) is 10.00. The van der Waals surface area contributed by atoms with Crippen molar-refractivity contribution in [1.29, 1.82) is 0 Å². The Morgan fingerprint density at radius 3 is 2.23 bits per heavy atom. The molecular formula is C25H24N4O5S. The molecule has 1 aromatic heterocycles. The van der Waals surface area contributed by atoms with Gasteiger partial charge in [-0.2, -0.15) is 0 Å². The van der Waals surface area contributed by atoms with Crippen molar-refractivity contribution in [3.05, 3.63) is 78.5 Å². The van der Waals surface area contributed by atoms with Crippen molar-refractivity contribution in [3.8, 4) is 22.6 Å². The first kappa shape index (κ1) is 24.0. The molecule has 1 heterocycles. The SMILES string of the molecule is COc1cc(OC)cc(-c2cnc3cc(NC(=O)NCc4ccc(S(N)(=O)=O)cc4)ccc3c2)c1. The van der Waals surface area contributed by atoms with Gasteiger partial charge in [-0.05, 0) is 53.6 Å². The molecule has 0 aliphatic rings. The summed E-state index contributed by atoms with van der Waals surface area (Å²) in [7, 11) is -0.545. The number of ether oxygens (including phenoxy) is 2. The van der Waals surface area contributed by atoms with E-state index >= 15 is 0 Å². The van der Waals surface area contributed by atoms with E-state index in [1.807, 2.05) is 24.3 Å². The molecule has 0 unspecified atom stereocenters. The number of carbonyl (C=O) groups is 1. The number of nitrogens with two attached hydrogens (primary N) is 1. The zero-order valence-corrected chi connectivity index (χ0v) is 19.9. The van der Waals surface area contributed by atoms with E-state index in [9.17, 15) is 13.2 Å². The van der Waals surface area contributed by atoms with Gasteiger partial charge in [0.05, 0.1) is 24.6 Å². The van der Waals surface area contributed by atoms with Gasteiger partial charge in [0.25, 0.3) is 0 Å². The van der Waals surface area contributed by atoms with Crippen LogP contribution in [0, 0.1) is 0 Å². The maximum atomic E-state index is 12.3. The van der Waals surface area contributed by atoms with Gasteiger partial charge in [0.1, 0.15) is 11.5 Å². The zero-order valence-electron chi connectivity index (χ0n) is 19.1. The summed E-state index contributed by atoms with van der Waals surface area (Å²) in [6.45, 7) is 0.218. The zero-order chi connectivity index (χ0) is 25.0. The van der Waals surface area contributed by atoms with Crippen molar-refractivity contribution in [2.24, 2.45) is 5.14 Å². The highest BCUT2D eigenvalue weighted by molar-refractivity contribution is 7.89. The summed E-state index contributed by atoms with van der Waals surface area (Å²) in [5.41, 5.74) is 3.85. The third kappa shape index (κ3) is 5.86. The van der Waals surface area contributed by atoms with Crippen LogP contribution in [0.5, 0.6) is 11.5 Å². The number of hydrogen-bond donors (Lipinski definition) is 3. The van der Waals surface area contributed by atoms with Crippen LogP contribution in [-0.4, -0.2) is 33.7 Å². The van der Waals surface area contributed by atoms with E-state index in [1.54, 1.807) is 50.7 Å². The molecule has 0 saturated heterocycles. The maximum absolute atomic E-state index is 12.3. The topological polar surface area (TPSA) is 133 Å². The average Bonchev–Trinajstić information content (AvgIpc) is 2.86. The molecule has 10 heteroatoms. The number of methoxy groups -OCH3 is 2. The number of carbonyl (C=O) groups excluding carboxylic acids is 1. The molecule has 4 rings (SSSR count). The lowest BCUT2D eigenvalue weighted by Gasteiger charge is -2.11. The molecule has 3 aromatic carbocycles. The van der Waals surface area contributed by atoms with Gasteiger partial charge in [-0.1, -0.05) is 18.2 Å². The van der Waals surface area contributed by atoms with Crippen molar-refractivity contribution >= 4 is 32.6 Å². The second-order valence-corrected chi connectivity index (χ2v) is 9.29. The highest BCUT2D eigenvalue weighted by Gasteiger charge is 2.09. The number of urea groups is 1. The number of fused-ring (bicyclic) bond motifs is 1. The van der Waals surface area contributed by atoms with Crippen molar-refractivity contribution in [2.75, 3.05) is 19.5 Å². The molecule has 2 amide bonds. The number of sulfonamides is 1. The summed E-state index contributed by atoms with van der Waals surface area (Å²) >= 11 is 0. The van der Waals surface area contributed by atoms with Gasteiger partial charge in [0.15, 0.2) is 0 Å². The van der Waals surface area contributed by atoms with E-state index in [0.29, 0.717) is 17.2 Å². The lowest BCUT2D eigenvalue weighted by atomic mass is 10.0. The molecule has 0 aliphatic heterocycles. The average molecular weight is 493 g/mol. The lowest BCUT2D eigenvalue weighted by molar-refractivity contribution is 0.251. The highest BCUT2D eigenvalue weighted by atomic mass is 32.2. The van der Waals surface area contributed by atoms with Crippen LogP contribution < -0.4 is 25.2 Å². The number of rotatable bonds is 7. The summed E-state index contributed by atoms with van der Waals surface area (Å²) in [5.74, 6) is 1.37. The van der Waals surface area contributed by atoms with Crippen LogP contribution in [0.2, 0.25) is 0 Å². The minimum Gasteiger partial charge on any atom is -0.497 e. The molecule has 35 heavy (non-hydrogen) atoms. The van der Waals surface area contributed by atoms with E-state index in [-0.39, 0.29) is 11.4 Å². The summed E-state index contributed by atoms with van der Waals surface area (Å²) < 4.78 is 33.4. The van der Waals surface area contributed by atoms with E-state index in [1.165, 1.54) is 12.1 Å². The Balaban J connectivity index is 1.44. The normalized spacial score (nSPS) is 11.2. The summed E-state index contributed by atoms with van der Waals surface area (Å²) in [6.07, 6.45) is 1.76. The number of amides is 2. The first-order chi connectivity index (χ1) is 16.7. The Bertz CT molecular complexity index is 1470. The molecule has 9 nitrogen and oxygen atoms in total. The summed E-state index contributed by atoms with van der Waals surface area (Å²) in [6, 6.07) is 18.7. The Labute approximate surface area is 202 Å². The quantitative estimate of drug-likeness (QED) is 0.359. The largest absolute Gasteiger partial charge is 0.497 e. The number of primary sulfonamides is 1. The number of benzene rings is 3. The van der Waals surface area contributed by atoms with Gasteiger partial charge in [-0.3, -0.25) is 4.98 Å². The minimum atomic E-state index is -3.75. The fraction of sp³-hybridized carbons (Fsp3) is 0.120. The van der Waals surface area contributed by atoms with Gasteiger partial charge >= 0.3 is 6.03 Å². The molecule has 0 saturated carbocycles. The Morgan fingerprint density at radius 2 is 1.60 bits per heavy atom. The van der Waals surface area contributed by atoms with Crippen LogP contribution in [-0.2, 0) is 16.6 Å². The number of nitrogens with zero attached hydrogens (tertiary/aromatic N) is 1. The molecule has 0 atom stereocenters. The number of hydrogen-bond acceptors (Lipinski definition) is 6. The first-order valence-electron chi connectivity index (χ1n) is 10.5. The number of pyridine rings is 1. The standard InChI is InChI=1S/C25H24N4O5S/c1-33-21-10-18(11-22(13-21)34-2)19-9-17-5-6-20(12-24(17)27-15-19)29-25(30)28-14-16-3-7-23(8-4-16)35(26,31)32/h3-13,15H,14H2,1-2H3,(H2,26,31,32)(H2,28,29,30). The van der Waals surface area contributed by atoms with E-state index in [0.717, 1.165) is 27.6 Å². The molecule has 4 N–H and O–H groups in total. The van der Waals surface area contributed by atoms with Crippen LogP contribution in [0.4, 0.5) is 10.5 Å². The van der Waals surface area contributed by atoms with E-state index in [4.69, 9.17) is 14.6 Å². The highest BCUT2D eigenvalue weighted by Crippen LogP contribution is 2.31. The van der Waals surface area contributed by atoms with Crippen LogP contribution in [0.25, 0.3) is 22.0 Å². The Morgan fingerprint density at radius 1 is 0.914 bits per heavy atom. The Kier molecular flexibility index (Phi) is 6.85. The van der Waals surface area contributed by atoms with Crippen LogP contribution in [0.1, 0.15) is 5.56 Å². The van der Waals surface area contributed by atoms with Gasteiger partial charge < -0.3 is 20.1 Å². The molecule has 0 radical (unpaired) electrons. The van der Waals surface area contributed by atoms with Gasteiger partial charge in [-0.15, -0.1) is 0 Å². The van der Waals surface area contributed by atoms with Crippen LogP contribution in [0.3, 0.4) is 0 Å². The van der Waals surface area contributed by atoms with Crippen molar-refractivity contribution < 1.29 is 22.7 Å². The maximum Gasteiger partial charge on any atom is 0.319 e. The first-order valence-corrected chi connectivity index (χ1v) is 12.1. The molecule has 0 spiro atoms. The van der Waals surface area contributed by atoms with Crippen molar-refractivity contribution in [3.63, 3.8) is 0 Å². The summed E-state index contributed by atoms with van der Waals surface area (Å²) in [5, 5.41) is 11.5.